The van der Waals surface area contributed by atoms with Gasteiger partial charge in [-0.1, -0.05) is 28.1 Å². The lowest BCUT2D eigenvalue weighted by atomic mass is 10.0. The molecule has 1 amide bonds. The molecule has 190 valence electrons. The second kappa shape index (κ2) is 11.9. The fraction of sp³-hybridized carbons (Fsp3) is 0.462. The van der Waals surface area contributed by atoms with Crippen molar-refractivity contribution in [1.82, 2.24) is 10.2 Å². The lowest BCUT2D eigenvalue weighted by Crippen LogP contribution is -2.46. The Bertz CT molecular complexity index is 1010. The van der Waals surface area contributed by atoms with Gasteiger partial charge in [-0.25, -0.2) is 9.59 Å². The molecule has 0 radical (unpaired) electrons. The molecule has 0 saturated carbocycles. The minimum absolute atomic E-state index is 0.0514. The van der Waals surface area contributed by atoms with Gasteiger partial charge in [0.05, 0.1) is 11.7 Å². The molecule has 1 aliphatic heterocycles. The van der Waals surface area contributed by atoms with Crippen molar-refractivity contribution in [3.63, 3.8) is 0 Å². The Morgan fingerprint density at radius 3 is 2.40 bits per heavy atom. The van der Waals surface area contributed by atoms with Gasteiger partial charge in [-0.15, -0.1) is 0 Å². The van der Waals surface area contributed by atoms with Crippen molar-refractivity contribution in [3.05, 3.63) is 63.6 Å². The van der Waals surface area contributed by atoms with Crippen LogP contribution in [0.2, 0.25) is 0 Å². The van der Waals surface area contributed by atoms with Crippen molar-refractivity contribution in [1.29, 1.82) is 0 Å². The third kappa shape index (κ3) is 8.52. The van der Waals surface area contributed by atoms with E-state index in [-0.39, 0.29) is 18.2 Å². The van der Waals surface area contributed by atoms with E-state index in [9.17, 15) is 14.7 Å². The molecule has 35 heavy (non-hydrogen) atoms. The predicted molar refractivity (Wildman–Crippen MR) is 136 cm³/mol. The average Bonchev–Trinajstić information content (AvgIpc) is 2.78. The van der Waals surface area contributed by atoms with Gasteiger partial charge in [-0.2, -0.15) is 0 Å². The van der Waals surface area contributed by atoms with E-state index >= 15 is 0 Å². The number of likely N-dealkylation sites (tertiary alicyclic amines) is 1. The van der Waals surface area contributed by atoms with Crippen LogP contribution >= 0.6 is 15.9 Å². The second-order valence-electron chi connectivity index (χ2n) is 9.71. The van der Waals surface area contributed by atoms with Crippen LogP contribution < -0.4 is 10.1 Å². The van der Waals surface area contributed by atoms with E-state index in [1.165, 1.54) is 0 Å². The lowest BCUT2D eigenvalue weighted by Gasteiger charge is -2.34. The van der Waals surface area contributed by atoms with E-state index in [1.807, 2.05) is 39.0 Å². The zero-order valence-electron chi connectivity index (χ0n) is 20.3. The van der Waals surface area contributed by atoms with Crippen LogP contribution in [0.5, 0.6) is 5.75 Å². The fourth-order valence-corrected chi connectivity index (χ4v) is 4.27. The highest BCUT2D eigenvalue weighted by Gasteiger charge is 2.26. The summed E-state index contributed by atoms with van der Waals surface area (Å²) in [5.41, 5.74) is 1.20. The minimum atomic E-state index is -0.972. The standard InChI is InChI=1S/C26H33BrN2O6/c1-26(2,3)35-25(33)28-20-10-12-29(13-11-20)15-22(30)21-14-19(27)8-9-23(21)34-16-17-4-6-18(7-5-17)24(31)32/h4-9,14,20,22,30H,10-13,15-16H2,1-3H3,(H,28,33)(H,31,32). The van der Waals surface area contributed by atoms with E-state index in [4.69, 9.17) is 14.6 Å². The first kappa shape index (κ1) is 27.0. The molecular weight excluding hydrogens is 516 g/mol. The third-order valence-corrected chi connectivity index (χ3v) is 6.16. The molecule has 9 heteroatoms. The van der Waals surface area contributed by atoms with Crippen LogP contribution in [0.4, 0.5) is 4.79 Å². The molecule has 1 saturated heterocycles. The molecule has 0 spiro atoms. The van der Waals surface area contributed by atoms with Gasteiger partial charge in [0.15, 0.2) is 0 Å². The normalized spacial score (nSPS) is 15.9. The van der Waals surface area contributed by atoms with Gasteiger partial charge in [0.25, 0.3) is 0 Å². The van der Waals surface area contributed by atoms with Crippen molar-refractivity contribution in [2.75, 3.05) is 19.6 Å². The number of β-amino-alcohol motifs (C(OH)–C–C–N with tert-alkyl or cyclic N) is 1. The Labute approximate surface area is 214 Å². The highest BCUT2D eigenvalue weighted by Crippen LogP contribution is 2.30. The molecule has 8 nitrogen and oxygen atoms in total. The summed E-state index contributed by atoms with van der Waals surface area (Å²) in [4.78, 5) is 25.2. The summed E-state index contributed by atoms with van der Waals surface area (Å²) in [5.74, 6) is -0.398. The number of piperidine rings is 1. The Kier molecular flexibility index (Phi) is 9.15. The number of carboxylic acids is 1. The Morgan fingerprint density at radius 1 is 1.14 bits per heavy atom. The molecule has 0 bridgehead atoms. The van der Waals surface area contributed by atoms with Gasteiger partial charge in [0.1, 0.15) is 18.0 Å². The van der Waals surface area contributed by atoms with Gasteiger partial charge in [-0.3, -0.25) is 0 Å². The molecule has 3 N–H and O–H groups in total. The van der Waals surface area contributed by atoms with Gasteiger partial charge < -0.3 is 29.9 Å². The quantitative estimate of drug-likeness (QED) is 0.436. The molecule has 1 aliphatic rings. The van der Waals surface area contributed by atoms with Crippen molar-refractivity contribution in [2.24, 2.45) is 0 Å². The maximum Gasteiger partial charge on any atom is 0.407 e. The predicted octanol–water partition coefficient (Wildman–Crippen LogP) is 4.75. The highest BCUT2D eigenvalue weighted by molar-refractivity contribution is 9.10. The van der Waals surface area contributed by atoms with Gasteiger partial charge in [0, 0.05) is 35.7 Å². The molecular formula is C26H33BrN2O6. The zero-order chi connectivity index (χ0) is 25.6. The summed E-state index contributed by atoms with van der Waals surface area (Å²) in [6, 6.07) is 12.1. The average molecular weight is 549 g/mol. The summed E-state index contributed by atoms with van der Waals surface area (Å²) in [6.07, 6.45) is 0.400. The van der Waals surface area contributed by atoms with E-state index in [1.54, 1.807) is 24.3 Å². The van der Waals surface area contributed by atoms with E-state index in [0.29, 0.717) is 17.9 Å². The van der Waals surface area contributed by atoms with Crippen LogP contribution in [0.3, 0.4) is 0 Å². The lowest BCUT2D eigenvalue weighted by molar-refractivity contribution is 0.0457. The number of carbonyl (C=O) groups is 2. The molecule has 1 heterocycles. The number of aromatic carboxylic acids is 1. The highest BCUT2D eigenvalue weighted by atomic mass is 79.9. The maximum atomic E-state index is 12.0. The summed E-state index contributed by atoms with van der Waals surface area (Å²) in [6.45, 7) is 7.71. The van der Waals surface area contributed by atoms with Crippen LogP contribution in [0.25, 0.3) is 0 Å². The topological polar surface area (TPSA) is 108 Å². The van der Waals surface area contributed by atoms with Crippen LogP contribution in [0.1, 0.15) is 61.2 Å². The number of ether oxygens (including phenoxy) is 2. The van der Waals surface area contributed by atoms with Gasteiger partial charge in [-0.05, 0) is 69.5 Å². The first-order valence-corrected chi connectivity index (χ1v) is 12.4. The molecule has 2 aromatic carbocycles. The monoisotopic (exact) mass is 548 g/mol. The number of carboxylic acid groups (broad SMARTS) is 1. The number of hydrogen-bond acceptors (Lipinski definition) is 6. The number of nitrogens with one attached hydrogen (secondary N) is 1. The number of hydrogen-bond donors (Lipinski definition) is 3. The van der Waals surface area contributed by atoms with Crippen molar-refractivity contribution >= 4 is 28.0 Å². The van der Waals surface area contributed by atoms with E-state index in [2.05, 4.69) is 26.1 Å². The van der Waals surface area contributed by atoms with Crippen LogP contribution in [-0.4, -0.2) is 58.5 Å². The Hall–Kier alpha value is -2.62. The first-order chi connectivity index (χ1) is 16.5. The smallest absolute Gasteiger partial charge is 0.407 e. The summed E-state index contributed by atoms with van der Waals surface area (Å²) in [5, 5.41) is 23.0. The third-order valence-electron chi connectivity index (χ3n) is 5.67. The van der Waals surface area contributed by atoms with Crippen LogP contribution in [-0.2, 0) is 11.3 Å². The number of halogens is 1. The van der Waals surface area contributed by atoms with Gasteiger partial charge >= 0.3 is 12.1 Å². The number of rotatable bonds is 8. The van der Waals surface area contributed by atoms with Crippen molar-refractivity contribution < 1.29 is 29.3 Å². The molecule has 1 atom stereocenters. The SMILES string of the molecule is CC(C)(C)OC(=O)NC1CCN(CC(O)c2cc(Br)ccc2OCc2ccc(C(=O)O)cc2)CC1. The first-order valence-electron chi connectivity index (χ1n) is 11.6. The Balaban J connectivity index is 1.55. The summed E-state index contributed by atoms with van der Waals surface area (Å²) in [7, 11) is 0. The summed E-state index contributed by atoms with van der Waals surface area (Å²) < 4.78 is 12.2. The number of benzene rings is 2. The van der Waals surface area contributed by atoms with Gasteiger partial charge in [0.2, 0.25) is 0 Å². The fourth-order valence-electron chi connectivity index (χ4n) is 3.89. The van der Waals surface area contributed by atoms with Crippen molar-refractivity contribution in [2.45, 2.75) is 58.0 Å². The maximum absolute atomic E-state index is 12.0. The van der Waals surface area contributed by atoms with E-state index < -0.39 is 23.8 Å². The zero-order valence-corrected chi connectivity index (χ0v) is 21.9. The number of aliphatic hydroxyl groups excluding tert-OH is 1. The number of nitrogens with zero attached hydrogens (tertiary/aromatic N) is 1. The molecule has 0 aromatic heterocycles. The molecule has 1 unspecified atom stereocenters. The second-order valence-corrected chi connectivity index (χ2v) is 10.6. The molecule has 2 aromatic rings. The molecule has 1 fully saturated rings. The largest absolute Gasteiger partial charge is 0.489 e. The number of carbonyl (C=O) groups excluding carboxylic acids is 1. The van der Waals surface area contributed by atoms with Crippen LogP contribution in [0, 0.1) is 0 Å². The molecule has 0 aliphatic carbocycles. The number of alkyl carbamates (subject to hydrolysis) is 1. The molecule has 3 rings (SSSR count). The number of aliphatic hydroxyl groups is 1. The number of amides is 1. The Morgan fingerprint density at radius 2 is 1.80 bits per heavy atom. The van der Waals surface area contributed by atoms with Crippen molar-refractivity contribution in [3.8, 4) is 5.75 Å². The summed E-state index contributed by atoms with van der Waals surface area (Å²) >= 11 is 3.47. The van der Waals surface area contributed by atoms with E-state index in [0.717, 1.165) is 36.0 Å². The minimum Gasteiger partial charge on any atom is -0.489 e. The van der Waals surface area contributed by atoms with Crippen LogP contribution in [0.15, 0.2) is 46.9 Å².